The number of ketones is 1. The Hall–Kier alpha value is -2.61. The number of ether oxygens (including phenoxy) is 2. The van der Waals surface area contributed by atoms with Crippen molar-refractivity contribution in [2.24, 2.45) is 0 Å². The van der Waals surface area contributed by atoms with Gasteiger partial charge in [-0.2, -0.15) is 0 Å². The first-order valence-corrected chi connectivity index (χ1v) is 6.65. The van der Waals surface area contributed by atoms with E-state index in [0.29, 0.717) is 0 Å². The molecule has 0 aliphatic carbocycles. The van der Waals surface area contributed by atoms with Gasteiger partial charge in [0.25, 0.3) is 5.78 Å². The van der Waals surface area contributed by atoms with E-state index in [1.807, 2.05) is 5.32 Å². The Kier molecular flexibility index (Phi) is 4.28. The monoisotopic (exact) mass is 343 g/mol. The third kappa shape index (κ3) is 3.11. The molecular weight excluding hydrogens is 333 g/mol. The van der Waals surface area contributed by atoms with Gasteiger partial charge >= 0.3 is 12.1 Å². The fourth-order valence-corrected chi connectivity index (χ4v) is 2.24. The van der Waals surface area contributed by atoms with E-state index in [1.54, 1.807) is 0 Å². The highest BCUT2D eigenvalue weighted by molar-refractivity contribution is 6.30. The Labute approximate surface area is 134 Å². The van der Waals surface area contributed by atoms with E-state index in [-0.39, 0.29) is 10.6 Å². The number of nitrogens with one attached hydrogen (secondary N) is 1. The molecule has 0 fully saturated rings. The number of rotatable bonds is 3. The number of carboxylic acid groups (broad SMARTS) is 1. The van der Waals surface area contributed by atoms with Crippen LogP contribution in [0.3, 0.4) is 0 Å². The molecule has 23 heavy (non-hydrogen) atoms. The van der Waals surface area contributed by atoms with Crippen LogP contribution >= 0.6 is 11.6 Å². The molecule has 1 aromatic rings. The predicted octanol–water partition coefficient (Wildman–Crippen LogP) is 2.29. The SMILES string of the molecule is CC(=O)OC1=C(NC(=O)O)OC(C)(c2cc(Cl)ccc2F)C1=O. The van der Waals surface area contributed by atoms with Crippen LogP contribution in [0.25, 0.3) is 0 Å². The molecule has 9 heteroatoms. The summed E-state index contributed by atoms with van der Waals surface area (Å²) in [5, 5.41) is 10.7. The van der Waals surface area contributed by atoms with Crippen molar-refractivity contribution in [3.8, 4) is 0 Å². The van der Waals surface area contributed by atoms with Gasteiger partial charge in [-0.05, 0) is 25.1 Å². The molecule has 0 aromatic heterocycles. The standard InChI is InChI=1S/C14H11ClFNO6/c1-6(18)22-10-11(19)14(2,23-12(10)17-13(20)21)8-5-7(15)3-4-9(8)16/h3-5,17H,1-2H3,(H,20,21). The molecule has 1 aromatic carbocycles. The number of benzene rings is 1. The molecule has 0 bridgehead atoms. The number of halogens is 2. The summed E-state index contributed by atoms with van der Waals surface area (Å²) in [6.45, 7) is 2.23. The van der Waals surface area contributed by atoms with E-state index in [9.17, 15) is 18.8 Å². The van der Waals surface area contributed by atoms with Gasteiger partial charge in [0.2, 0.25) is 17.2 Å². The van der Waals surface area contributed by atoms with Crippen LogP contribution in [-0.4, -0.2) is 23.0 Å². The minimum absolute atomic E-state index is 0.146. The summed E-state index contributed by atoms with van der Waals surface area (Å²) in [5.41, 5.74) is -2.15. The Morgan fingerprint density at radius 1 is 1.43 bits per heavy atom. The van der Waals surface area contributed by atoms with Crippen molar-refractivity contribution >= 4 is 29.4 Å². The van der Waals surface area contributed by atoms with Crippen LogP contribution in [0.15, 0.2) is 29.8 Å². The average molecular weight is 344 g/mol. The molecule has 122 valence electrons. The molecule has 1 aliphatic rings. The molecule has 7 nitrogen and oxygen atoms in total. The minimum atomic E-state index is -1.93. The van der Waals surface area contributed by atoms with E-state index >= 15 is 0 Å². The maximum Gasteiger partial charge on any atom is 0.411 e. The summed E-state index contributed by atoms with van der Waals surface area (Å²) in [4.78, 5) is 34.4. The zero-order valence-corrected chi connectivity index (χ0v) is 12.7. The fraction of sp³-hybridized carbons (Fsp3) is 0.214. The lowest BCUT2D eigenvalue weighted by atomic mass is 9.91. The van der Waals surface area contributed by atoms with Crippen LogP contribution in [0.2, 0.25) is 5.02 Å². The molecule has 2 rings (SSSR count). The molecule has 2 N–H and O–H groups in total. The van der Waals surface area contributed by atoms with Crippen LogP contribution in [0.5, 0.6) is 0 Å². The lowest BCUT2D eigenvalue weighted by Crippen LogP contribution is -2.33. The maximum absolute atomic E-state index is 14.1. The average Bonchev–Trinajstić information content (AvgIpc) is 2.66. The molecule has 0 saturated carbocycles. The smallest absolute Gasteiger partial charge is 0.411 e. The normalized spacial score (nSPS) is 20.3. The summed E-state index contributed by atoms with van der Waals surface area (Å²) in [5.74, 6) is -3.82. The van der Waals surface area contributed by atoms with Crippen LogP contribution in [-0.2, 0) is 24.7 Å². The number of hydrogen-bond donors (Lipinski definition) is 2. The van der Waals surface area contributed by atoms with E-state index in [4.69, 9.17) is 26.2 Å². The van der Waals surface area contributed by atoms with Crippen molar-refractivity contribution in [1.29, 1.82) is 0 Å². The summed E-state index contributed by atoms with van der Waals surface area (Å²) in [6, 6.07) is 3.48. The number of carbonyl (C=O) groups is 3. The largest absolute Gasteiger partial charge is 0.465 e. The third-order valence-electron chi connectivity index (χ3n) is 3.06. The van der Waals surface area contributed by atoms with Crippen LogP contribution in [0, 0.1) is 5.82 Å². The van der Waals surface area contributed by atoms with E-state index in [1.165, 1.54) is 19.1 Å². The van der Waals surface area contributed by atoms with Crippen LogP contribution < -0.4 is 5.32 Å². The lowest BCUT2D eigenvalue weighted by molar-refractivity contribution is -0.142. The molecule has 0 spiro atoms. The summed E-state index contributed by atoms with van der Waals surface area (Å²) in [6.07, 6.45) is -1.55. The first-order chi connectivity index (χ1) is 10.6. The van der Waals surface area contributed by atoms with Gasteiger partial charge in [-0.25, -0.2) is 9.18 Å². The lowest BCUT2D eigenvalue weighted by Gasteiger charge is -2.24. The second-order valence-corrected chi connectivity index (χ2v) is 5.21. The second-order valence-electron chi connectivity index (χ2n) is 4.77. The zero-order valence-electron chi connectivity index (χ0n) is 12.0. The van der Waals surface area contributed by atoms with Gasteiger partial charge in [0.15, 0.2) is 0 Å². The van der Waals surface area contributed by atoms with Crippen molar-refractivity contribution < 1.29 is 33.4 Å². The molecule has 0 radical (unpaired) electrons. The van der Waals surface area contributed by atoms with Crippen molar-refractivity contribution in [1.82, 2.24) is 5.32 Å². The third-order valence-corrected chi connectivity index (χ3v) is 3.30. The topological polar surface area (TPSA) is 102 Å². The number of Topliss-reactive ketones (excluding diaryl/α,β-unsaturated/α-hetero) is 1. The van der Waals surface area contributed by atoms with E-state index < -0.39 is 40.9 Å². The quantitative estimate of drug-likeness (QED) is 0.816. The van der Waals surface area contributed by atoms with E-state index in [2.05, 4.69) is 0 Å². The number of amides is 1. The molecule has 1 unspecified atom stereocenters. The molecule has 1 heterocycles. The van der Waals surface area contributed by atoms with Crippen LogP contribution in [0.4, 0.5) is 9.18 Å². The van der Waals surface area contributed by atoms with Gasteiger partial charge in [0.1, 0.15) is 5.82 Å². The fourth-order valence-electron chi connectivity index (χ4n) is 2.07. The Bertz CT molecular complexity index is 747. The molecular formula is C14H11ClFNO6. The molecule has 0 saturated heterocycles. The Balaban J connectivity index is 2.51. The molecule has 1 atom stereocenters. The first-order valence-electron chi connectivity index (χ1n) is 6.27. The van der Waals surface area contributed by atoms with Crippen molar-refractivity contribution in [3.05, 3.63) is 46.2 Å². The number of carbonyl (C=O) groups excluding carboxylic acids is 2. The van der Waals surface area contributed by atoms with Crippen molar-refractivity contribution in [3.63, 3.8) is 0 Å². The Morgan fingerprint density at radius 3 is 2.65 bits per heavy atom. The number of esters is 1. The van der Waals surface area contributed by atoms with Gasteiger partial charge in [-0.3, -0.25) is 14.9 Å². The first kappa shape index (κ1) is 16.8. The molecule has 1 aliphatic heterocycles. The highest BCUT2D eigenvalue weighted by atomic mass is 35.5. The van der Waals surface area contributed by atoms with Crippen molar-refractivity contribution in [2.45, 2.75) is 19.4 Å². The number of hydrogen-bond acceptors (Lipinski definition) is 5. The van der Waals surface area contributed by atoms with Gasteiger partial charge in [0, 0.05) is 17.5 Å². The summed E-state index contributed by atoms with van der Waals surface area (Å²) in [7, 11) is 0. The predicted molar refractivity (Wildman–Crippen MR) is 74.8 cm³/mol. The van der Waals surface area contributed by atoms with Gasteiger partial charge in [0.05, 0.1) is 0 Å². The highest BCUT2D eigenvalue weighted by Gasteiger charge is 2.51. The summed E-state index contributed by atoms with van der Waals surface area (Å²) < 4.78 is 24.0. The minimum Gasteiger partial charge on any atom is -0.465 e. The zero-order chi connectivity index (χ0) is 17.4. The van der Waals surface area contributed by atoms with Gasteiger partial charge < -0.3 is 14.6 Å². The van der Waals surface area contributed by atoms with Crippen LogP contribution in [0.1, 0.15) is 19.4 Å². The Morgan fingerprint density at radius 2 is 2.09 bits per heavy atom. The summed E-state index contributed by atoms with van der Waals surface area (Å²) >= 11 is 5.80. The highest BCUT2D eigenvalue weighted by Crippen LogP contribution is 2.40. The van der Waals surface area contributed by atoms with Crippen molar-refractivity contribution in [2.75, 3.05) is 0 Å². The maximum atomic E-state index is 14.1. The van der Waals surface area contributed by atoms with E-state index in [0.717, 1.165) is 13.0 Å². The van der Waals surface area contributed by atoms with Gasteiger partial charge in [-0.1, -0.05) is 11.6 Å². The van der Waals surface area contributed by atoms with Gasteiger partial charge in [-0.15, -0.1) is 0 Å². The second kappa shape index (κ2) is 5.88. The molecule has 1 amide bonds.